The van der Waals surface area contributed by atoms with Crippen LogP contribution in [0.1, 0.15) is 39.2 Å². The second kappa shape index (κ2) is 4.82. The quantitative estimate of drug-likeness (QED) is 0.827. The molecule has 19 heavy (non-hydrogen) atoms. The van der Waals surface area contributed by atoms with E-state index >= 15 is 0 Å². The van der Waals surface area contributed by atoms with Crippen molar-refractivity contribution in [1.29, 1.82) is 0 Å². The van der Waals surface area contributed by atoms with Crippen LogP contribution in [0.2, 0.25) is 0 Å². The predicted molar refractivity (Wildman–Crippen MR) is 79.2 cm³/mol. The average Bonchev–Trinajstić information content (AvgIpc) is 2.74. The molecule has 1 aliphatic rings. The van der Waals surface area contributed by atoms with Gasteiger partial charge in [0.05, 0.1) is 5.54 Å². The van der Waals surface area contributed by atoms with E-state index in [9.17, 15) is 9.90 Å². The third kappa shape index (κ3) is 2.16. The zero-order valence-electron chi connectivity index (χ0n) is 11.6. The predicted octanol–water partition coefficient (Wildman–Crippen LogP) is 4.46. The minimum Gasteiger partial charge on any atom is -0.465 e. The van der Waals surface area contributed by atoms with Gasteiger partial charge in [-0.15, -0.1) is 0 Å². The van der Waals surface area contributed by atoms with E-state index in [1.807, 2.05) is 24.3 Å². The van der Waals surface area contributed by atoms with Crippen molar-refractivity contribution in [2.24, 2.45) is 5.41 Å². The normalized spacial score (nSPS) is 23.7. The molecule has 1 aromatic rings. The number of amides is 1. The summed E-state index contributed by atoms with van der Waals surface area (Å²) >= 11 is 3.59. The Hall–Kier alpha value is -1.03. The van der Waals surface area contributed by atoms with Crippen LogP contribution in [-0.4, -0.2) is 22.6 Å². The van der Waals surface area contributed by atoms with Gasteiger partial charge in [0.2, 0.25) is 0 Å². The van der Waals surface area contributed by atoms with Gasteiger partial charge in [-0.3, -0.25) is 4.90 Å². The number of likely N-dealkylation sites (tertiary alicyclic amines) is 1. The summed E-state index contributed by atoms with van der Waals surface area (Å²) in [4.78, 5) is 13.3. The summed E-state index contributed by atoms with van der Waals surface area (Å²) in [6, 6.07) is 7.97. The summed E-state index contributed by atoms with van der Waals surface area (Å²) in [6.07, 6.45) is 0.944. The van der Waals surface area contributed by atoms with Crippen molar-refractivity contribution in [3.05, 3.63) is 34.3 Å². The highest BCUT2D eigenvalue weighted by atomic mass is 79.9. The number of benzene rings is 1. The SMILES string of the molecule is CC(C)(C)[C@@]1(c2ccccc2Br)CCCN1C(=O)O. The molecule has 3 nitrogen and oxygen atoms in total. The molecule has 0 saturated carbocycles. The van der Waals surface area contributed by atoms with Crippen LogP contribution in [0.5, 0.6) is 0 Å². The molecule has 1 aliphatic heterocycles. The van der Waals surface area contributed by atoms with E-state index in [2.05, 4.69) is 36.7 Å². The fourth-order valence-electron chi connectivity index (χ4n) is 3.34. The first-order valence-corrected chi connectivity index (χ1v) is 7.35. The van der Waals surface area contributed by atoms with Crippen LogP contribution in [-0.2, 0) is 5.54 Å². The molecule has 0 unspecified atom stereocenters. The van der Waals surface area contributed by atoms with Crippen LogP contribution in [0, 0.1) is 5.41 Å². The van der Waals surface area contributed by atoms with E-state index in [1.54, 1.807) is 4.90 Å². The molecule has 1 heterocycles. The molecule has 1 N–H and O–H groups in total. The molecule has 4 heteroatoms. The first kappa shape index (κ1) is 14.4. The minimum atomic E-state index is -0.830. The van der Waals surface area contributed by atoms with E-state index in [4.69, 9.17) is 0 Å². The maximum Gasteiger partial charge on any atom is 0.408 e. The Morgan fingerprint density at radius 3 is 2.53 bits per heavy atom. The molecule has 0 bridgehead atoms. The van der Waals surface area contributed by atoms with Gasteiger partial charge < -0.3 is 5.11 Å². The molecule has 1 atom stereocenters. The molecule has 1 amide bonds. The van der Waals surface area contributed by atoms with E-state index in [0.29, 0.717) is 6.54 Å². The van der Waals surface area contributed by atoms with Gasteiger partial charge >= 0.3 is 6.09 Å². The smallest absolute Gasteiger partial charge is 0.408 e. The molecule has 0 aliphatic carbocycles. The maximum atomic E-state index is 11.7. The van der Waals surface area contributed by atoms with Gasteiger partial charge in [-0.05, 0) is 29.9 Å². The Morgan fingerprint density at radius 1 is 1.37 bits per heavy atom. The van der Waals surface area contributed by atoms with Gasteiger partial charge in [0, 0.05) is 11.0 Å². The second-order valence-corrected chi connectivity index (χ2v) is 6.98. The van der Waals surface area contributed by atoms with Crippen LogP contribution in [0.3, 0.4) is 0 Å². The first-order chi connectivity index (χ1) is 8.80. The van der Waals surface area contributed by atoms with E-state index in [-0.39, 0.29) is 5.41 Å². The summed E-state index contributed by atoms with van der Waals surface area (Å²) in [5.41, 5.74) is 0.451. The fraction of sp³-hybridized carbons (Fsp3) is 0.533. The lowest BCUT2D eigenvalue weighted by molar-refractivity contribution is 0.0271. The van der Waals surface area contributed by atoms with Crippen molar-refractivity contribution in [3.8, 4) is 0 Å². The van der Waals surface area contributed by atoms with Crippen molar-refractivity contribution in [2.45, 2.75) is 39.2 Å². The van der Waals surface area contributed by atoms with Crippen molar-refractivity contribution >= 4 is 22.0 Å². The fourth-order valence-corrected chi connectivity index (χ4v) is 3.95. The van der Waals surface area contributed by atoms with Crippen molar-refractivity contribution in [3.63, 3.8) is 0 Å². The number of hydrogen-bond donors (Lipinski definition) is 1. The van der Waals surface area contributed by atoms with Gasteiger partial charge in [0.15, 0.2) is 0 Å². The van der Waals surface area contributed by atoms with E-state index < -0.39 is 11.6 Å². The Kier molecular flexibility index (Phi) is 3.65. The van der Waals surface area contributed by atoms with Gasteiger partial charge in [-0.25, -0.2) is 4.79 Å². The summed E-state index contributed by atoms with van der Waals surface area (Å²) in [6.45, 7) is 6.96. The van der Waals surface area contributed by atoms with Crippen molar-refractivity contribution < 1.29 is 9.90 Å². The largest absolute Gasteiger partial charge is 0.465 e. The molecule has 1 aromatic carbocycles. The number of halogens is 1. The molecule has 0 radical (unpaired) electrons. The lowest BCUT2D eigenvalue weighted by Gasteiger charge is -2.48. The lowest BCUT2D eigenvalue weighted by atomic mass is 9.68. The monoisotopic (exact) mass is 325 g/mol. The Labute approximate surface area is 122 Å². The maximum absolute atomic E-state index is 11.7. The molecule has 1 fully saturated rings. The third-order valence-corrected chi connectivity index (χ3v) is 4.86. The third-order valence-electron chi connectivity index (χ3n) is 4.17. The molecule has 0 aromatic heterocycles. The minimum absolute atomic E-state index is 0.161. The highest BCUT2D eigenvalue weighted by molar-refractivity contribution is 9.10. The second-order valence-electron chi connectivity index (χ2n) is 6.13. The van der Waals surface area contributed by atoms with Crippen LogP contribution in [0.15, 0.2) is 28.7 Å². The van der Waals surface area contributed by atoms with Crippen LogP contribution < -0.4 is 0 Å². The molecule has 1 saturated heterocycles. The lowest BCUT2D eigenvalue weighted by Crippen LogP contribution is -2.52. The number of hydrogen-bond acceptors (Lipinski definition) is 1. The number of carboxylic acid groups (broad SMARTS) is 1. The zero-order chi connectivity index (χ0) is 14.3. The zero-order valence-corrected chi connectivity index (χ0v) is 13.2. The van der Waals surface area contributed by atoms with Crippen molar-refractivity contribution in [1.82, 2.24) is 4.90 Å². The van der Waals surface area contributed by atoms with Crippen LogP contribution in [0.4, 0.5) is 4.79 Å². The molecular formula is C15H20BrNO2. The summed E-state index contributed by atoms with van der Waals surface area (Å²) < 4.78 is 0.984. The molecule has 2 rings (SSSR count). The standard InChI is InChI=1S/C15H20BrNO2/c1-14(2,3)15(9-6-10-17(15)13(18)19)11-7-4-5-8-12(11)16/h4-5,7-8H,6,9-10H2,1-3H3,(H,18,19)/t15-/m0/s1. The van der Waals surface area contributed by atoms with E-state index in [0.717, 1.165) is 22.9 Å². The Morgan fingerprint density at radius 2 is 2.00 bits per heavy atom. The summed E-state index contributed by atoms with van der Waals surface area (Å²) in [5, 5.41) is 9.58. The Bertz CT molecular complexity index is 495. The van der Waals surface area contributed by atoms with Gasteiger partial charge in [0.1, 0.15) is 0 Å². The van der Waals surface area contributed by atoms with Crippen LogP contribution >= 0.6 is 15.9 Å². The van der Waals surface area contributed by atoms with Gasteiger partial charge in [0.25, 0.3) is 0 Å². The summed E-state index contributed by atoms with van der Waals surface area (Å²) in [5.74, 6) is 0. The van der Waals surface area contributed by atoms with Crippen LogP contribution in [0.25, 0.3) is 0 Å². The topological polar surface area (TPSA) is 40.5 Å². The molecule has 104 valence electrons. The Balaban J connectivity index is 2.66. The highest BCUT2D eigenvalue weighted by Crippen LogP contribution is 2.52. The van der Waals surface area contributed by atoms with Gasteiger partial charge in [-0.1, -0.05) is 54.9 Å². The average molecular weight is 326 g/mol. The molecular weight excluding hydrogens is 306 g/mol. The number of rotatable bonds is 1. The first-order valence-electron chi connectivity index (χ1n) is 6.56. The highest BCUT2D eigenvalue weighted by Gasteiger charge is 2.53. The van der Waals surface area contributed by atoms with Crippen molar-refractivity contribution in [2.75, 3.05) is 6.54 Å². The summed E-state index contributed by atoms with van der Waals surface area (Å²) in [7, 11) is 0. The van der Waals surface area contributed by atoms with E-state index in [1.165, 1.54) is 0 Å². The molecule has 0 spiro atoms. The number of nitrogens with zero attached hydrogens (tertiary/aromatic N) is 1. The number of carbonyl (C=O) groups is 1. The van der Waals surface area contributed by atoms with Gasteiger partial charge in [-0.2, -0.15) is 0 Å².